The lowest BCUT2D eigenvalue weighted by molar-refractivity contribution is 0.101. The summed E-state index contributed by atoms with van der Waals surface area (Å²) in [7, 11) is 1.58. The molecule has 2 heterocycles. The standard InChI is InChI=1S/C28H26BrFN2O4/c1-17-13-23(33)22(16-31-9-11-32(12-10-31)21-6-4-20(30)5-7-21)28-26(17)27(34)25(36-28)15-18-14-19(29)3-8-24(18)35-2/h3-8,13-15,33H,9-12,16H2,1-2H3/b25-15-. The van der Waals surface area contributed by atoms with Crippen molar-refractivity contribution in [1.29, 1.82) is 0 Å². The second kappa shape index (κ2) is 9.95. The summed E-state index contributed by atoms with van der Waals surface area (Å²) in [6.07, 6.45) is 1.67. The molecule has 1 fully saturated rings. The lowest BCUT2D eigenvalue weighted by Crippen LogP contribution is -2.46. The SMILES string of the molecule is COc1ccc(Br)cc1/C=C1\Oc2c(CN3CCN(c4ccc(F)cc4)CC3)c(O)cc(C)c2C1=O. The molecule has 3 aromatic carbocycles. The molecule has 3 aromatic rings. The Labute approximate surface area is 217 Å². The molecule has 0 aromatic heterocycles. The van der Waals surface area contributed by atoms with Crippen LogP contribution in [0.2, 0.25) is 0 Å². The Balaban J connectivity index is 1.38. The number of carbonyl (C=O) groups excluding carboxylic acids is 1. The zero-order valence-electron chi connectivity index (χ0n) is 20.1. The molecule has 8 heteroatoms. The zero-order chi connectivity index (χ0) is 25.4. The number of phenols is 1. The van der Waals surface area contributed by atoms with Gasteiger partial charge in [-0.05, 0) is 67.1 Å². The maximum absolute atomic E-state index is 13.3. The molecule has 0 saturated carbocycles. The van der Waals surface area contributed by atoms with E-state index in [0.717, 1.165) is 36.3 Å². The molecule has 36 heavy (non-hydrogen) atoms. The van der Waals surface area contributed by atoms with Gasteiger partial charge in [0.05, 0.1) is 18.2 Å². The van der Waals surface area contributed by atoms with Gasteiger partial charge in [-0.1, -0.05) is 15.9 Å². The number of piperazine rings is 1. The van der Waals surface area contributed by atoms with Crippen molar-refractivity contribution < 1.29 is 23.8 Å². The fourth-order valence-electron chi connectivity index (χ4n) is 4.73. The summed E-state index contributed by atoms with van der Waals surface area (Å²) in [6.45, 7) is 5.30. The third-order valence-corrected chi connectivity index (χ3v) is 7.14. The van der Waals surface area contributed by atoms with Gasteiger partial charge < -0.3 is 19.5 Å². The van der Waals surface area contributed by atoms with Crippen LogP contribution in [0.25, 0.3) is 6.08 Å². The minimum Gasteiger partial charge on any atom is -0.507 e. The maximum atomic E-state index is 13.3. The van der Waals surface area contributed by atoms with Crippen molar-refractivity contribution in [3.05, 3.63) is 86.8 Å². The number of carbonyl (C=O) groups is 1. The number of ether oxygens (including phenoxy) is 2. The number of ketones is 1. The predicted molar refractivity (Wildman–Crippen MR) is 140 cm³/mol. The molecule has 186 valence electrons. The number of Topliss-reactive ketones (excluding diaryl/α,β-unsaturated/α-hetero) is 1. The van der Waals surface area contributed by atoms with Gasteiger partial charge in [0.15, 0.2) is 5.76 Å². The third kappa shape index (κ3) is 4.70. The summed E-state index contributed by atoms with van der Waals surface area (Å²) in [5.74, 6) is 0.878. The number of aromatic hydroxyl groups is 1. The Kier molecular flexibility index (Phi) is 6.73. The molecular formula is C28H26BrFN2O4. The van der Waals surface area contributed by atoms with E-state index in [0.29, 0.717) is 40.3 Å². The number of allylic oxidation sites excluding steroid dienone is 1. The maximum Gasteiger partial charge on any atom is 0.232 e. The Morgan fingerprint density at radius 2 is 1.83 bits per heavy atom. The molecular weight excluding hydrogens is 527 g/mol. The van der Waals surface area contributed by atoms with E-state index in [9.17, 15) is 14.3 Å². The van der Waals surface area contributed by atoms with Crippen molar-refractivity contribution in [2.45, 2.75) is 13.5 Å². The molecule has 2 aliphatic rings. The van der Waals surface area contributed by atoms with Crippen LogP contribution in [0.3, 0.4) is 0 Å². The van der Waals surface area contributed by atoms with Crippen LogP contribution < -0.4 is 14.4 Å². The Morgan fingerprint density at radius 1 is 1.11 bits per heavy atom. The minimum atomic E-state index is -0.248. The van der Waals surface area contributed by atoms with E-state index in [1.807, 2.05) is 18.2 Å². The molecule has 0 radical (unpaired) electrons. The van der Waals surface area contributed by atoms with Crippen LogP contribution in [0.1, 0.15) is 27.0 Å². The molecule has 0 bridgehead atoms. The average Bonchev–Trinajstić information content (AvgIpc) is 3.19. The highest BCUT2D eigenvalue weighted by molar-refractivity contribution is 9.10. The van der Waals surface area contributed by atoms with E-state index in [1.165, 1.54) is 12.1 Å². The van der Waals surface area contributed by atoms with Crippen molar-refractivity contribution in [2.24, 2.45) is 0 Å². The molecule has 5 rings (SSSR count). The van der Waals surface area contributed by atoms with Crippen LogP contribution >= 0.6 is 15.9 Å². The molecule has 1 N–H and O–H groups in total. The van der Waals surface area contributed by atoms with E-state index in [2.05, 4.69) is 25.7 Å². The van der Waals surface area contributed by atoms with Gasteiger partial charge in [-0.2, -0.15) is 0 Å². The van der Waals surface area contributed by atoms with Crippen LogP contribution in [0.5, 0.6) is 17.2 Å². The van der Waals surface area contributed by atoms with Crippen molar-refractivity contribution in [3.63, 3.8) is 0 Å². The molecule has 1 saturated heterocycles. The first-order chi connectivity index (χ1) is 17.3. The number of anilines is 1. The van der Waals surface area contributed by atoms with E-state index in [1.54, 1.807) is 38.3 Å². The number of aryl methyl sites for hydroxylation is 1. The molecule has 0 unspecified atom stereocenters. The van der Waals surface area contributed by atoms with Gasteiger partial charge >= 0.3 is 0 Å². The van der Waals surface area contributed by atoms with Crippen LogP contribution in [0, 0.1) is 12.7 Å². The lowest BCUT2D eigenvalue weighted by Gasteiger charge is -2.36. The quantitative estimate of drug-likeness (QED) is 0.419. The summed E-state index contributed by atoms with van der Waals surface area (Å²) in [6, 6.07) is 13.7. The fourth-order valence-corrected chi connectivity index (χ4v) is 5.11. The molecule has 0 spiro atoms. The smallest absolute Gasteiger partial charge is 0.232 e. The minimum absolute atomic E-state index is 0.112. The number of benzene rings is 3. The number of fused-ring (bicyclic) bond motifs is 1. The first-order valence-corrected chi connectivity index (χ1v) is 12.5. The summed E-state index contributed by atoms with van der Waals surface area (Å²) in [5.41, 5.74) is 3.45. The van der Waals surface area contributed by atoms with Crippen LogP contribution in [0.15, 0.2) is 58.8 Å². The molecule has 0 amide bonds. The highest BCUT2D eigenvalue weighted by Gasteiger charge is 2.34. The number of hydrogen-bond acceptors (Lipinski definition) is 6. The Hall–Kier alpha value is -3.36. The number of rotatable bonds is 5. The zero-order valence-corrected chi connectivity index (χ0v) is 21.6. The van der Waals surface area contributed by atoms with Gasteiger partial charge in [-0.3, -0.25) is 9.69 Å². The van der Waals surface area contributed by atoms with Crippen molar-refractivity contribution in [1.82, 2.24) is 4.90 Å². The number of nitrogens with zero attached hydrogens (tertiary/aromatic N) is 2. The first kappa shape index (κ1) is 24.3. The van der Waals surface area contributed by atoms with Crippen LogP contribution in [-0.2, 0) is 6.54 Å². The van der Waals surface area contributed by atoms with Gasteiger partial charge in [0.1, 0.15) is 23.1 Å². The van der Waals surface area contributed by atoms with Crippen molar-refractivity contribution in [2.75, 3.05) is 38.2 Å². The first-order valence-electron chi connectivity index (χ1n) is 11.7. The number of hydrogen-bond donors (Lipinski definition) is 1. The van der Waals surface area contributed by atoms with E-state index in [-0.39, 0.29) is 23.1 Å². The number of methoxy groups -OCH3 is 1. The largest absolute Gasteiger partial charge is 0.507 e. The summed E-state index contributed by atoms with van der Waals surface area (Å²) < 4.78 is 25.7. The lowest BCUT2D eigenvalue weighted by atomic mass is 9.99. The average molecular weight is 553 g/mol. The fraction of sp³-hybridized carbons (Fsp3) is 0.250. The topological polar surface area (TPSA) is 62.2 Å². The summed E-state index contributed by atoms with van der Waals surface area (Å²) >= 11 is 3.46. The van der Waals surface area contributed by atoms with Gasteiger partial charge in [0.25, 0.3) is 0 Å². The predicted octanol–water partition coefficient (Wildman–Crippen LogP) is 5.55. The van der Waals surface area contributed by atoms with Gasteiger partial charge in [0.2, 0.25) is 5.78 Å². The normalized spacial score (nSPS) is 16.8. The van der Waals surface area contributed by atoms with Crippen molar-refractivity contribution >= 4 is 33.5 Å². The van der Waals surface area contributed by atoms with E-state index in [4.69, 9.17) is 9.47 Å². The number of phenolic OH excluding ortho intramolecular Hbond substituents is 1. The summed E-state index contributed by atoms with van der Waals surface area (Å²) in [4.78, 5) is 17.7. The van der Waals surface area contributed by atoms with E-state index < -0.39 is 0 Å². The highest BCUT2D eigenvalue weighted by Crippen LogP contribution is 2.43. The van der Waals surface area contributed by atoms with Crippen LogP contribution in [0.4, 0.5) is 10.1 Å². The second-order valence-corrected chi connectivity index (χ2v) is 9.88. The van der Waals surface area contributed by atoms with Gasteiger partial charge in [-0.25, -0.2) is 4.39 Å². The Bertz CT molecular complexity index is 1350. The monoisotopic (exact) mass is 552 g/mol. The van der Waals surface area contributed by atoms with Gasteiger partial charge in [-0.15, -0.1) is 0 Å². The highest BCUT2D eigenvalue weighted by atomic mass is 79.9. The molecule has 0 atom stereocenters. The third-order valence-electron chi connectivity index (χ3n) is 6.64. The summed E-state index contributed by atoms with van der Waals surface area (Å²) in [5, 5.41) is 10.8. The van der Waals surface area contributed by atoms with E-state index >= 15 is 0 Å². The van der Waals surface area contributed by atoms with Gasteiger partial charge in [0, 0.05) is 48.4 Å². The molecule has 6 nitrogen and oxygen atoms in total. The second-order valence-electron chi connectivity index (χ2n) is 8.96. The molecule has 2 aliphatic heterocycles. The molecule has 0 aliphatic carbocycles. The van der Waals surface area contributed by atoms with Crippen molar-refractivity contribution in [3.8, 4) is 17.2 Å². The van der Waals surface area contributed by atoms with Crippen LogP contribution in [-0.4, -0.2) is 49.1 Å². The Morgan fingerprint density at radius 3 is 2.53 bits per heavy atom. The number of halogens is 2.